The molecule has 0 aromatic heterocycles. The lowest BCUT2D eigenvalue weighted by molar-refractivity contribution is -0.170. The Labute approximate surface area is 126 Å². The zero-order valence-corrected chi connectivity index (χ0v) is 14.1. The first kappa shape index (κ1) is 17.8. The number of carbonyl (C=O) groups excluding carboxylic acids is 1. The van der Waals surface area contributed by atoms with Gasteiger partial charge in [0.25, 0.3) is 0 Å². The summed E-state index contributed by atoms with van der Waals surface area (Å²) in [5.74, 6) is -1.03. The van der Waals surface area contributed by atoms with Crippen molar-refractivity contribution in [3.05, 3.63) is 0 Å². The predicted octanol–water partition coefficient (Wildman–Crippen LogP) is 2.08. The molecule has 2 N–H and O–H groups in total. The Morgan fingerprint density at radius 2 is 1.57 bits per heavy atom. The number of carboxylic acid groups (broad SMARTS) is 1. The van der Waals surface area contributed by atoms with Crippen LogP contribution in [-0.2, 0) is 9.53 Å². The molecule has 1 saturated heterocycles. The van der Waals surface area contributed by atoms with Crippen molar-refractivity contribution in [2.24, 2.45) is 5.41 Å². The van der Waals surface area contributed by atoms with Crippen LogP contribution in [0.15, 0.2) is 0 Å². The van der Waals surface area contributed by atoms with E-state index < -0.39 is 28.6 Å². The van der Waals surface area contributed by atoms with Crippen LogP contribution in [0, 0.1) is 5.41 Å². The number of morpholine rings is 1. The molecule has 1 aliphatic rings. The number of hydrogen-bond donors (Lipinski definition) is 2. The van der Waals surface area contributed by atoms with E-state index in [2.05, 4.69) is 5.32 Å². The average molecular weight is 300 g/mol. The lowest BCUT2D eigenvalue weighted by Crippen LogP contribution is -2.62. The van der Waals surface area contributed by atoms with E-state index >= 15 is 0 Å². The number of aliphatic carboxylic acids is 1. The van der Waals surface area contributed by atoms with Gasteiger partial charge < -0.3 is 20.1 Å². The first-order chi connectivity index (χ1) is 9.23. The Kier molecular flexibility index (Phi) is 4.63. The van der Waals surface area contributed by atoms with Gasteiger partial charge in [-0.1, -0.05) is 20.8 Å². The fraction of sp³-hybridized carbons (Fsp3) is 0.867. The maximum atomic E-state index is 12.4. The quantitative estimate of drug-likeness (QED) is 0.818. The second-order valence-electron chi connectivity index (χ2n) is 8.06. The molecule has 1 heterocycles. The van der Waals surface area contributed by atoms with E-state index in [0.717, 1.165) is 0 Å². The number of carboxylic acids is 1. The molecule has 0 spiro atoms. The molecule has 0 aromatic carbocycles. The second-order valence-corrected chi connectivity index (χ2v) is 8.06. The fourth-order valence-electron chi connectivity index (χ4n) is 2.79. The van der Waals surface area contributed by atoms with Gasteiger partial charge in [0.1, 0.15) is 6.04 Å². The molecule has 122 valence electrons. The third-order valence-corrected chi connectivity index (χ3v) is 3.36. The van der Waals surface area contributed by atoms with Crippen LogP contribution in [0.1, 0.15) is 48.5 Å². The van der Waals surface area contributed by atoms with Gasteiger partial charge in [0.05, 0.1) is 24.3 Å². The number of nitrogens with one attached hydrogen (secondary N) is 1. The van der Waals surface area contributed by atoms with Crippen LogP contribution in [0.2, 0.25) is 0 Å². The topological polar surface area (TPSA) is 78.9 Å². The number of rotatable bonds is 2. The summed E-state index contributed by atoms with van der Waals surface area (Å²) in [5.41, 5.74) is -1.47. The van der Waals surface area contributed by atoms with E-state index in [0.29, 0.717) is 13.1 Å². The Morgan fingerprint density at radius 1 is 1.14 bits per heavy atom. The van der Waals surface area contributed by atoms with Crippen LogP contribution in [0.4, 0.5) is 4.79 Å². The number of urea groups is 1. The molecule has 0 radical (unpaired) electrons. The van der Waals surface area contributed by atoms with Gasteiger partial charge in [0.2, 0.25) is 0 Å². The molecule has 6 nitrogen and oxygen atoms in total. The van der Waals surface area contributed by atoms with E-state index in [4.69, 9.17) is 4.74 Å². The van der Waals surface area contributed by atoms with Crippen molar-refractivity contribution in [2.75, 3.05) is 13.1 Å². The van der Waals surface area contributed by atoms with Crippen molar-refractivity contribution >= 4 is 12.0 Å². The fourth-order valence-corrected chi connectivity index (χ4v) is 2.79. The minimum atomic E-state index is -1.03. The minimum Gasteiger partial charge on any atom is -0.480 e. The first-order valence-electron chi connectivity index (χ1n) is 7.22. The van der Waals surface area contributed by atoms with Crippen molar-refractivity contribution < 1.29 is 19.4 Å². The average Bonchev–Trinajstić information content (AvgIpc) is 2.18. The van der Waals surface area contributed by atoms with Crippen LogP contribution in [0.25, 0.3) is 0 Å². The van der Waals surface area contributed by atoms with Crippen molar-refractivity contribution in [3.8, 4) is 0 Å². The second kappa shape index (κ2) is 5.48. The van der Waals surface area contributed by atoms with Gasteiger partial charge in [-0.2, -0.15) is 0 Å². The van der Waals surface area contributed by atoms with Crippen LogP contribution in [0.5, 0.6) is 0 Å². The van der Waals surface area contributed by atoms with Crippen molar-refractivity contribution in [3.63, 3.8) is 0 Å². The zero-order valence-electron chi connectivity index (χ0n) is 14.1. The molecule has 2 amide bonds. The van der Waals surface area contributed by atoms with Crippen molar-refractivity contribution in [1.29, 1.82) is 0 Å². The zero-order chi connectivity index (χ0) is 16.6. The van der Waals surface area contributed by atoms with Crippen molar-refractivity contribution in [1.82, 2.24) is 10.2 Å². The maximum absolute atomic E-state index is 12.4. The molecule has 0 bridgehead atoms. The van der Waals surface area contributed by atoms with Gasteiger partial charge in [-0.3, -0.25) is 0 Å². The van der Waals surface area contributed by atoms with Crippen molar-refractivity contribution in [2.45, 2.75) is 65.7 Å². The molecule has 1 aliphatic heterocycles. The lowest BCUT2D eigenvalue weighted by Gasteiger charge is -2.47. The van der Waals surface area contributed by atoms with Crippen LogP contribution < -0.4 is 5.32 Å². The summed E-state index contributed by atoms with van der Waals surface area (Å²) in [7, 11) is 0. The molecule has 0 saturated carbocycles. The first-order valence-corrected chi connectivity index (χ1v) is 7.22. The van der Waals surface area contributed by atoms with E-state index in [9.17, 15) is 14.7 Å². The summed E-state index contributed by atoms with van der Waals surface area (Å²) < 4.78 is 5.92. The highest BCUT2D eigenvalue weighted by atomic mass is 16.5. The summed E-state index contributed by atoms with van der Waals surface area (Å²) in [6.45, 7) is 13.9. The van der Waals surface area contributed by atoms with E-state index in [-0.39, 0.29) is 6.03 Å². The van der Waals surface area contributed by atoms with Gasteiger partial charge in [0, 0.05) is 0 Å². The Balaban J connectivity index is 2.85. The summed E-state index contributed by atoms with van der Waals surface area (Å²) in [6, 6.07) is -1.29. The summed E-state index contributed by atoms with van der Waals surface area (Å²) >= 11 is 0. The predicted molar refractivity (Wildman–Crippen MR) is 80.2 cm³/mol. The molecule has 6 heteroatoms. The number of amides is 2. The lowest BCUT2D eigenvalue weighted by atomic mass is 9.87. The normalized spacial score (nSPS) is 22.5. The number of ether oxygens (including phenoxy) is 1. The highest BCUT2D eigenvalue weighted by Gasteiger charge is 2.41. The van der Waals surface area contributed by atoms with Gasteiger partial charge in [0.15, 0.2) is 0 Å². The molecule has 0 aromatic rings. The standard InChI is InChI=1S/C15H28N2O4/c1-13(2,3)10(11(18)19)16-12(20)17-8-14(4,5)21-15(6,7)9-17/h10H,8-9H2,1-7H3,(H,16,20)(H,18,19). The minimum absolute atomic E-state index is 0.359. The Bertz CT molecular complexity index is 408. The highest BCUT2D eigenvalue weighted by molar-refractivity contribution is 5.83. The van der Waals surface area contributed by atoms with E-state index in [1.54, 1.807) is 25.7 Å². The monoisotopic (exact) mass is 300 g/mol. The van der Waals surface area contributed by atoms with Gasteiger partial charge in [-0.25, -0.2) is 9.59 Å². The van der Waals surface area contributed by atoms with Crippen LogP contribution >= 0.6 is 0 Å². The van der Waals surface area contributed by atoms with Gasteiger partial charge in [-0.15, -0.1) is 0 Å². The third kappa shape index (κ3) is 4.88. The van der Waals surface area contributed by atoms with E-state index in [1.165, 1.54) is 0 Å². The Morgan fingerprint density at radius 3 is 1.90 bits per heavy atom. The van der Waals surface area contributed by atoms with Gasteiger partial charge in [-0.05, 0) is 33.1 Å². The van der Waals surface area contributed by atoms with Crippen LogP contribution in [0.3, 0.4) is 0 Å². The van der Waals surface area contributed by atoms with Crippen LogP contribution in [-0.4, -0.2) is 52.3 Å². The SMILES string of the molecule is CC1(C)CN(C(=O)NC(C(=O)O)C(C)(C)C)CC(C)(C)O1. The summed E-state index contributed by atoms with van der Waals surface area (Å²) in [6.07, 6.45) is 0. The van der Waals surface area contributed by atoms with Gasteiger partial charge >= 0.3 is 12.0 Å². The third-order valence-electron chi connectivity index (χ3n) is 3.36. The molecule has 0 aliphatic carbocycles. The van der Waals surface area contributed by atoms with E-state index in [1.807, 2.05) is 27.7 Å². The number of carbonyl (C=O) groups is 2. The summed E-state index contributed by atoms with van der Waals surface area (Å²) in [5, 5.41) is 11.9. The molecule has 1 rings (SSSR count). The largest absolute Gasteiger partial charge is 0.480 e. The molecule has 1 atom stereocenters. The Hall–Kier alpha value is -1.30. The maximum Gasteiger partial charge on any atom is 0.326 e. The molecule has 1 unspecified atom stereocenters. The number of hydrogen-bond acceptors (Lipinski definition) is 3. The highest BCUT2D eigenvalue weighted by Crippen LogP contribution is 2.28. The molecule has 1 fully saturated rings. The summed E-state index contributed by atoms with van der Waals surface area (Å²) in [4.78, 5) is 25.4. The smallest absolute Gasteiger partial charge is 0.326 e. The molecular formula is C15H28N2O4. The number of nitrogens with zero attached hydrogens (tertiary/aromatic N) is 1. The molecule has 21 heavy (non-hydrogen) atoms. The molecular weight excluding hydrogens is 272 g/mol.